The number of pyridine rings is 1. The first-order valence-electron chi connectivity index (χ1n) is 8.71. The smallest absolute Gasteiger partial charge is 0.201 e. The van der Waals surface area contributed by atoms with E-state index in [0.717, 1.165) is 0 Å². The maximum atomic E-state index is 2.46. The molecule has 124 valence electrons. The molecule has 0 spiro atoms. The number of aryl methyl sites for hydroxylation is 3. The normalized spacial score (nSPS) is 12.0. The molecule has 2 aromatic rings. The fraction of sp³-hybridized carbons (Fsp3) is 0.476. The molecule has 23 heavy (non-hydrogen) atoms. The second kappa shape index (κ2) is 6.60. The van der Waals surface area contributed by atoms with E-state index >= 15 is 0 Å². The Morgan fingerprint density at radius 1 is 1.04 bits per heavy atom. The van der Waals surface area contributed by atoms with Crippen LogP contribution in [0.15, 0.2) is 30.5 Å². The Morgan fingerprint density at radius 3 is 2.09 bits per heavy atom. The van der Waals surface area contributed by atoms with Crippen LogP contribution in [-0.4, -0.2) is 8.07 Å². The summed E-state index contributed by atoms with van der Waals surface area (Å²) in [6, 6.07) is 9.05. The molecule has 0 amide bonds. The lowest BCUT2D eigenvalue weighted by atomic mass is 9.96. The summed E-state index contributed by atoms with van der Waals surface area (Å²) in [5.74, 6) is 0.684. The molecule has 2 heteroatoms. The number of nitrogens with zero attached hydrogens (tertiary/aromatic N) is 1. The van der Waals surface area contributed by atoms with Crippen LogP contribution in [0.2, 0.25) is 19.6 Å². The molecule has 0 aliphatic rings. The van der Waals surface area contributed by atoms with E-state index in [1.807, 2.05) is 0 Å². The van der Waals surface area contributed by atoms with Crippen molar-refractivity contribution in [3.8, 4) is 11.3 Å². The van der Waals surface area contributed by atoms with Crippen molar-refractivity contribution in [1.29, 1.82) is 0 Å². The maximum absolute atomic E-state index is 2.46. The van der Waals surface area contributed by atoms with Crippen molar-refractivity contribution in [2.75, 3.05) is 0 Å². The molecule has 1 aromatic carbocycles. The van der Waals surface area contributed by atoms with Gasteiger partial charge in [-0.05, 0) is 42.9 Å². The number of benzene rings is 1. The summed E-state index contributed by atoms with van der Waals surface area (Å²) < 4.78 is 2.34. The fourth-order valence-corrected chi connectivity index (χ4v) is 5.16. The summed E-state index contributed by atoms with van der Waals surface area (Å²) in [6.07, 6.45) is 3.57. The molecular formula is C21H32NSi+. The van der Waals surface area contributed by atoms with Crippen molar-refractivity contribution >= 4 is 13.3 Å². The SMILES string of the molecule is Cc1cccc(C)c1-c1cc(CC(C)C)c([Si](C)(C)C)c[n+]1C. The fourth-order valence-electron chi connectivity index (χ4n) is 3.44. The van der Waals surface area contributed by atoms with E-state index in [2.05, 4.69) is 89.4 Å². The van der Waals surface area contributed by atoms with Crippen LogP contribution in [0.3, 0.4) is 0 Å². The van der Waals surface area contributed by atoms with Crippen molar-refractivity contribution in [2.24, 2.45) is 13.0 Å². The Kier molecular flexibility index (Phi) is 5.15. The standard InChI is InChI=1S/C21H32NSi/c1-15(2)12-18-13-19(21-16(3)10-9-11-17(21)4)22(5)14-20(18)23(6,7)8/h9-11,13-15H,12H2,1-8H3/q+1. The van der Waals surface area contributed by atoms with Crippen LogP contribution in [0.1, 0.15) is 30.5 Å². The molecular weight excluding hydrogens is 294 g/mol. The lowest BCUT2D eigenvalue weighted by Crippen LogP contribution is -2.47. The van der Waals surface area contributed by atoms with Gasteiger partial charge in [0.1, 0.15) is 7.05 Å². The molecule has 1 aromatic heterocycles. The summed E-state index contributed by atoms with van der Waals surface area (Å²) in [5, 5.41) is 1.60. The van der Waals surface area contributed by atoms with Gasteiger partial charge in [0, 0.05) is 11.3 Å². The van der Waals surface area contributed by atoms with Crippen molar-refractivity contribution in [2.45, 2.75) is 53.8 Å². The highest BCUT2D eigenvalue weighted by molar-refractivity contribution is 6.88. The largest absolute Gasteiger partial charge is 0.213 e. The minimum Gasteiger partial charge on any atom is -0.201 e. The van der Waals surface area contributed by atoms with Gasteiger partial charge in [0.05, 0.1) is 13.6 Å². The molecule has 0 N–H and O–H groups in total. The topological polar surface area (TPSA) is 3.88 Å². The minimum absolute atomic E-state index is 0.684. The Hall–Kier alpha value is -1.41. The van der Waals surface area contributed by atoms with Gasteiger partial charge in [-0.2, -0.15) is 0 Å². The van der Waals surface area contributed by atoms with Gasteiger partial charge in [-0.15, -0.1) is 0 Å². The summed E-state index contributed by atoms with van der Waals surface area (Å²) in [6.45, 7) is 16.4. The molecule has 0 saturated carbocycles. The number of hydrogen-bond acceptors (Lipinski definition) is 0. The average molecular weight is 327 g/mol. The third-order valence-electron chi connectivity index (χ3n) is 4.53. The first-order valence-corrected chi connectivity index (χ1v) is 12.2. The third kappa shape index (κ3) is 3.92. The van der Waals surface area contributed by atoms with Gasteiger partial charge >= 0.3 is 0 Å². The van der Waals surface area contributed by atoms with E-state index in [-0.39, 0.29) is 0 Å². The lowest BCUT2D eigenvalue weighted by Gasteiger charge is -2.21. The molecule has 2 rings (SSSR count). The van der Waals surface area contributed by atoms with Gasteiger partial charge in [0.25, 0.3) is 0 Å². The van der Waals surface area contributed by atoms with E-state index in [9.17, 15) is 0 Å². The molecule has 0 unspecified atom stereocenters. The van der Waals surface area contributed by atoms with Gasteiger partial charge in [0.15, 0.2) is 6.20 Å². The average Bonchev–Trinajstić information content (AvgIpc) is 2.39. The molecule has 0 saturated heterocycles. The molecule has 1 nitrogen and oxygen atoms in total. The summed E-state index contributed by atoms with van der Waals surface area (Å²) in [5.41, 5.74) is 7.00. The highest BCUT2D eigenvalue weighted by Crippen LogP contribution is 2.25. The van der Waals surface area contributed by atoms with Crippen LogP contribution in [-0.2, 0) is 13.5 Å². The highest BCUT2D eigenvalue weighted by atomic mass is 28.3. The monoisotopic (exact) mass is 326 g/mol. The van der Waals surface area contributed by atoms with Gasteiger partial charge in [-0.1, -0.05) is 51.7 Å². The van der Waals surface area contributed by atoms with Crippen LogP contribution in [0.4, 0.5) is 0 Å². The van der Waals surface area contributed by atoms with E-state index < -0.39 is 8.07 Å². The zero-order chi connectivity index (χ0) is 17.4. The van der Waals surface area contributed by atoms with E-state index in [1.165, 1.54) is 28.8 Å². The number of hydrogen-bond donors (Lipinski definition) is 0. The van der Waals surface area contributed by atoms with Crippen molar-refractivity contribution in [1.82, 2.24) is 0 Å². The zero-order valence-corrected chi connectivity index (χ0v) is 17.1. The molecule has 1 heterocycles. The first-order chi connectivity index (χ1) is 10.6. The Bertz CT molecular complexity index is 688. The van der Waals surface area contributed by atoms with Crippen molar-refractivity contribution < 1.29 is 4.57 Å². The van der Waals surface area contributed by atoms with Crippen molar-refractivity contribution in [3.63, 3.8) is 0 Å². The second-order valence-electron chi connectivity index (χ2n) is 8.32. The summed E-state index contributed by atoms with van der Waals surface area (Å²) in [4.78, 5) is 0. The zero-order valence-electron chi connectivity index (χ0n) is 16.1. The third-order valence-corrected chi connectivity index (χ3v) is 6.60. The lowest BCUT2D eigenvalue weighted by molar-refractivity contribution is -0.659. The second-order valence-corrected chi connectivity index (χ2v) is 13.4. The summed E-state index contributed by atoms with van der Waals surface area (Å²) >= 11 is 0. The van der Waals surface area contributed by atoms with Crippen LogP contribution >= 0.6 is 0 Å². The quantitative estimate of drug-likeness (QED) is 0.574. The highest BCUT2D eigenvalue weighted by Gasteiger charge is 2.26. The Morgan fingerprint density at radius 2 is 1.61 bits per heavy atom. The Balaban J connectivity index is 2.72. The van der Waals surface area contributed by atoms with Crippen LogP contribution < -0.4 is 9.75 Å². The van der Waals surface area contributed by atoms with Gasteiger partial charge in [-0.3, -0.25) is 0 Å². The predicted octanol–water partition coefficient (Wildman–Crippen LogP) is 4.54. The molecule has 0 aliphatic carbocycles. The predicted molar refractivity (Wildman–Crippen MR) is 104 cm³/mol. The molecule has 0 bridgehead atoms. The maximum Gasteiger partial charge on any atom is 0.213 e. The molecule has 0 fully saturated rings. The van der Waals surface area contributed by atoms with E-state index in [0.29, 0.717) is 5.92 Å². The molecule has 0 aliphatic heterocycles. The summed E-state index contributed by atoms with van der Waals surface area (Å²) in [7, 11) is 0.850. The van der Waals surface area contributed by atoms with Gasteiger partial charge in [0.2, 0.25) is 5.69 Å². The number of rotatable bonds is 4. The van der Waals surface area contributed by atoms with Crippen LogP contribution in [0.25, 0.3) is 11.3 Å². The van der Waals surface area contributed by atoms with Crippen LogP contribution in [0, 0.1) is 19.8 Å². The van der Waals surface area contributed by atoms with Crippen LogP contribution in [0.5, 0.6) is 0 Å². The van der Waals surface area contributed by atoms with Crippen molar-refractivity contribution in [3.05, 3.63) is 47.2 Å². The molecule has 0 atom stereocenters. The minimum atomic E-state index is -1.35. The van der Waals surface area contributed by atoms with Gasteiger partial charge < -0.3 is 0 Å². The van der Waals surface area contributed by atoms with E-state index in [4.69, 9.17) is 0 Å². The van der Waals surface area contributed by atoms with Gasteiger partial charge in [-0.25, -0.2) is 4.57 Å². The van der Waals surface area contributed by atoms with E-state index in [1.54, 1.807) is 10.8 Å². The number of aromatic nitrogens is 1. The Labute approximate surface area is 143 Å². The molecule has 0 radical (unpaired) electrons. The first kappa shape index (κ1) is 17.9.